The lowest BCUT2D eigenvalue weighted by Crippen LogP contribution is -2.43. The first-order valence-electron chi connectivity index (χ1n) is 9.23. The highest BCUT2D eigenvalue weighted by atomic mass is 16.3. The lowest BCUT2D eigenvalue weighted by Gasteiger charge is -2.29. The topological polar surface area (TPSA) is 41.3 Å². The smallest absolute Gasteiger partial charge is 0.195 e. The van der Waals surface area contributed by atoms with Gasteiger partial charge in [-0.2, -0.15) is 0 Å². The van der Waals surface area contributed by atoms with Crippen LogP contribution in [0.1, 0.15) is 44.4 Å². The van der Waals surface area contributed by atoms with Crippen LogP contribution in [0.25, 0.3) is 11.1 Å². The minimum absolute atomic E-state index is 0.884. The van der Waals surface area contributed by atoms with E-state index in [0.717, 1.165) is 55.5 Å². The van der Waals surface area contributed by atoms with Crippen LogP contribution in [0.5, 0.6) is 0 Å². The molecule has 4 heteroatoms. The molecule has 0 amide bonds. The Bertz CT molecular complexity index is 639. The van der Waals surface area contributed by atoms with Crippen molar-refractivity contribution < 1.29 is 4.42 Å². The number of aromatic nitrogens is 1. The maximum absolute atomic E-state index is 5.96. The predicted octanol–water partition coefficient (Wildman–Crippen LogP) is 3.75. The molecule has 0 spiro atoms. The van der Waals surface area contributed by atoms with E-state index in [-0.39, 0.29) is 0 Å². The summed E-state index contributed by atoms with van der Waals surface area (Å²) >= 11 is 0. The molecule has 1 saturated carbocycles. The zero-order valence-corrected chi connectivity index (χ0v) is 13.9. The molecule has 1 aromatic heterocycles. The van der Waals surface area contributed by atoms with Crippen LogP contribution >= 0.6 is 0 Å². The average Bonchev–Trinajstić information content (AvgIpc) is 3.04. The summed E-state index contributed by atoms with van der Waals surface area (Å²) in [7, 11) is 0. The summed E-state index contributed by atoms with van der Waals surface area (Å²) in [4.78, 5) is 7.17. The van der Waals surface area contributed by atoms with Gasteiger partial charge in [-0.25, -0.2) is 4.98 Å². The van der Waals surface area contributed by atoms with E-state index < -0.39 is 0 Å². The van der Waals surface area contributed by atoms with Crippen molar-refractivity contribution in [1.29, 1.82) is 0 Å². The van der Waals surface area contributed by atoms with Crippen molar-refractivity contribution >= 4 is 16.8 Å². The van der Waals surface area contributed by atoms with Gasteiger partial charge >= 0.3 is 0 Å². The second-order valence-electron chi connectivity index (χ2n) is 7.04. The first-order valence-corrected chi connectivity index (χ1v) is 9.23. The number of oxazole rings is 1. The summed E-state index contributed by atoms with van der Waals surface area (Å²) in [6.45, 7) is 4.25. The van der Waals surface area contributed by atoms with Crippen LogP contribution in [-0.4, -0.2) is 31.2 Å². The molecule has 2 fully saturated rings. The molecule has 0 atom stereocenters. The molecule has 0 bridgehead atoms. The summed E-state index contributed by atoms with van der Waals surface area (Å²) in [6.07, 6.45) is 9.26. The van der Waals surface area contributed by atoms with Gasteiger partial charge in [0.25, 0.3) is 0 Å². The van der Waals surface area contributed by atoms with Gasteiger partial charge in [0, 0.05) is 38.3 Å². The Kier molecular flexibility index (Phi) is 4.51. The van der Waals surface area contributed by atoms with E-state index in [9.17, 15) is 0 Å². The van der Waals surface area contributed by atoms with Crippen molar-refractivity contribution in [2.24, 2.45) is 5.92 Å². The fourth-order valence-electron chi connectivity index (χ4n) is 3.99. The highest BCUT2D eigenvalue weighted by molar-refractivity contribution is 5.77. The van der Waals surface area contributed by atoms with Gasteiger partial charge in [-0.15, -0.1) is 0 Å². The third-order valence-corrected chi connectivity index (χ3v) is 5.39. The van der Waals surface area contributed by atoms with E-state index in [1.807, 2.05) is 0 Å². The van der Waals surface area contributed by atoms with Crippen LogP contribution in [0.3, 0.4) is 0 Å². The van der Waals surface area contributed by atoms with Gasteiger partial charge in [-0.05, 0) is 30.5 Å². The monoisotopic (exact) mass is 313 g/mol. The predicted molar refractivity (Wildman–Crippen MR) is 94.0 cm³/mol. The molecular formula is C19H27N3O. The normalized spacial score (nSPS) is 20.3. The average molecular weight is 313 g/mol. The van der Waals surface area contributed by atoms with E-state index in [4.69, 9.17) is 9.40 Å². The highest BCUT2D eigenvalue weighted by Gasteiger charge is 2.16. The SMILES string of the molecule is c1cc2oc(CCC3CCCCC3)nc2cc1N1CCNCC1. The number of anilines is 1. The van der Waals surface area contributed by atoms with Crippen LogP contribution in [0.15, 0.2) is 22.6 Å². The third-order valence-electron chi connectivity index (χ3n) is 5.39. The van der Waals surface area contributed by atoms with Crippen molar-refractivity contribution in [3.63, 3.8) is 0 Å². The summed E-state index contributed by atoms with van der Waals surface area (Å²) in [5, 5.41) is 3.40. The van der Waals surface area contributed by atoms with E-state index in [0.29, 0.717) is 0 Å². The highest BCUT2D eigenvalue weighted by Crippen LogP contribution is 2.28. The lowest BCUT2D eigenvalue weighted by molar-refractivity contribution is 0.330. The Balaban J connectivity index is 1.44. The number of piperazine rings is 1. The Morgan fingerprint density at radius 2 is 1.96 bits per heavy atom. The maximum Gasteiger partial charge on any atom is 0.195 e. The summed E-state index contributed by atoms with van der Waals surface area (Å²) in [5.41, 5.74) is 3.22. The van der Waals surface area contributed by atoms with Crippen molar-refractivity contribution in [2.45, 2.75) is 44.9 Å². The molecule has 2 heterocycles. The van der Waals surface area contributed by atoms with Crippen molar-refractivity contribution in [2.75, 3.05) is 31.1 Å². The first-order chi connectivity index (χ1) is 11.4. The zero-order valence-electron chi connectivity index (χ0n) is 13.9. The fourth-order valence-corrected chi connectivity index (χ4v) is 3.99. The second kappa shape index (κ2) is 6.91. The van der Waals surface area contributed by atoms with Gasteiger partial charge in [-0.3, -0.25) is 0 Å². The molecule has 1 aliphatic heterocycles. The number of nitrogens with zero attached hydrogens (tertiary/aromatic N) is 2. The molecule has 1 aromatic carbocycles. The van der Waals surface area contributed by atoms with Crippen molar-refractivity contribution in [1.82, 2.24) is 10.3 Å². The molecule has 4 rings (SSSR count). The number of rotatable bonds is 4. The van der Waals surface area contributed by atoms with Gasteiger partial charge < -0.3 is 14.6 Å². The molecule has 0 radical (unpaired) electrons. The summed E-state index contributed by atoms with van der Waals surface area (Å²) in [6, 6.07) is 6.45. The van der Waals surface area contributed by atoms with Crippen molar-refractivity contribution in [3.05, 3.63) is 24.1 Å². The minimum atomic E-state index is 0.884. The molecule has 124 valence electrons. The Morgan fingerprint density at radius 1 is 1.13 bits per heavy atom. The van der Waals surface area contributed by atoms with Crippen LogP contribution in [-0.2, 0) is 6.42 Å². The molecule has 2 aromatic rings. The fraction of sp³-hybridized carbons (Fsp3) is 0.632. The first kappa shape index (κ1) is 15.0. The molecule has 2 aliphatic rings. The number of aryl methyl sites for hydroxylation is 1. The van der Waals surface area contributed by atoms with Crippen LogP contribution in [0.2, 0.25) is 0 Å². The number of hydrogen-bond acceptors (Lipinski definition) is 4. The third kappa shape index (κ3) is 3.52. The molecule has 23 heavy (non-hydrogen) atoms. The molecule has 1 N–H and O–H groups in total. The van der Waals surface area contributed by atoms with E-state index in [2.05, 4.69) is 28.4 Å². The number of benzene rings is 1. The number of hydrogen-bond donors (Lipinski definition) is 1. The number of nitrogens with one attached hydrogen (secondary N) is 1. The van der Waals surface area contributed by atoms with Gasteiger partial charge in [0.1, 0.15) is 5.52 Å². The molecular weight excluding hydrogens is 286 g/mol. The zero-order chi connectivity index (χ0) is 15.5. The van der Waals surface area contributed by atoms with Gasteiger partial charge in [0.15, 0.2) is 11.5 Å². The van der Waals surface area contributed by atoms with Crippen LogP contribution < -0.4 is 10.2 Å². The summed E-state index contributed by atoms with van der Waals surface area (Å²) < 4.78 is 5.96. The Labute approximate surface area is 138 Å². The largest absolute Gasteiger partial charge is 0.441 e. The van der Waals surface area contributed by atoms with Gasteiger partial charge in [0.2, 0.25) is 0 Å². The number of fused-ring (bicyclic) bond motifs is 1. The van der Waals surface area contributed by atoms with E-state index >= 15 is 0 Å². The van der Waals surface area contributed by atoms with E-state index in [1.165, 1.54) is 44.2 Å². The second-order valence-corrected chi connectivity index (χ2v) is 7.04. The molecule has 1 saturated heterocycles. The standard InChI is InChI=1S/C19H27N3O/c1-2-4-15(5-3-1)6-9-19-21-17-14-16(7-8-18(17)23-19)22-12-10-20-11-13-22/h7-8,14-15,20H,1-6,9-13H2. The van der Waals surface area contributed by atoms with Gasteiger partial charge in [0.05, 0.1) is 0 Å². The van der Waals surface area contributed by atoms with E-state index in [1.54, 1.807) is 0 Å². The van der Waals surface area contributed by atoms with Crippen LogP contribution in [0.4, 0.5) is 5.69 Å². The molecule has 0 unspecified atom stereocenters. The van der Waals surface area contributed by atoms with Gasteiger partial charge in [-0.1, -0.05) is 32.1 Å². The quantitative estimate of drug-likeness (QED) is 0.933. The molecule has 4 nitrogen and oxygen atoms in total. The minimum Gasteiger partial charge on any atom is -0.441 e. The lowest BCUT2D eigenvalue weighted by atomic mass is 9.86. The molecule has 1 aliphatic carbocycles. The maximum atomic E-state index is 5.96. The summed E-state index contributed by atoms with van der Waals surface area (Å²) in [5.74, 6) is 1.80. The van der Waals surface area contributed by atoms with Crippen molar-refractivity contribution in [3.8, 4) is 0 Å². The van der Waals surface area contributed by atoms with Crippen LogP contribution in [0, 0.1) is 5.92 Å². The Morgan fingerprint density at radius 3 is 2.78 bits per heavy atom. The Hall–Kier alpha value is -1.55.